The topological polar surface area (TPSA) is 102 Å². The van der Waals surface area contributed by atoms with Crippen LogP contribution in [0.3, 0.4) is 0 Å². The molecule has 8 nitrogen and oxygen atoms in total. The van der Waals surface area contributed by atoms with Gasteiger partial charge in [-0.2, -0.15) is 0 Å². The lowest BCUT2D eigenvalue weighted by atomic mass is 9.97. The summed E-state index contributed by atoms with van der Waals surface area (Å²) in [7, 11) is 1.34. The molecule has 9 heteroatoms. The highest BCUT2D eigenvalue weighted by molar-refractivity contribution is 7.12. The Bertz CT molecular complexity index is 652. The summed E-state index contributed by atoms with van der Waals surface area (Å²) in [6.07, 6.45) is 1.05. The molecule has 0 aliphatic carbocycles. The largest absolute Gasteiger partial charge is 0.469 e. The van der Waals surface area contributed by atoms with Crippen LogP contribution in [0.5, 0.6) is 0 Å². The number of rotatable bonds is 6. The third-order valence-corrected chi connectivity index (χ3v) is 5.03. The number of esters is 2. The van der Waals surface area contributed by atoms with Crippen LogP contribution in [0, 0.1) is 5.92 Å². The van der Waals surface area contributed by atoms with Crippen LogP contribution in [-0.2, 0) is 23.9 Å². The Morgan fingerprint density at radius 3 is 2.58 bits per heavy atom. The van der Waals surface area contributed by atoms with E-state index < -0.39 is 12.0 Å². The number of nitrogens with one attached hydrogen (secondary N) is 1. The van der Waals surface area contributed by atoms with Crippen LogP contribution < -0.4 is 5.32 Å². The average Bonchev–Trinajstić information content (AvgIpc) is 3.20. The second-order valence-corrected chi connectivity index (χ2v) is 6.91. The lowest BCUT2D eigenvalue weighted by Gasteiger charge is -2.30. The molecule has 26 heavy (non-hydrogen) atoms. The van der Waals surface area contributed by atoms with Gasteiger partial charge in [-0.05, 0) is 31.2 Å². The first-order valence-electron chi connectivity index (χ1n) is 8.29. The number of likely N-dealkylation sites (tertiary alicyclic amines) is 1. The minimum absolute atomic E-state index is 0.195. The molecule has 1 atom stereocenters. The van der Waals surface area contributed by atoms with Gasteiger partial charge in [-0.25, -0.2) is 4.79 Å². The lowest BCUT2D eigenvalue weighted by molar-refractivity contribution is -0.155. The summed E-state index contributed by atoms with van der Waals surface area (Å²) in [4.78, 5) is 49.5. The highest BCUT2D eigenvalue weighted by Gasteiger charge is 2.28. The van der Waals surface area contributed by atoms with Crippen molar-refractivity contribution in [3.05, 3.63) is 22.4 Å². The Kier molecular flexibility index (Phi) is 7.14. The fraction of sp³-hybridized carbons (Fsp3) is 0.529. The summed E-state index contributed by atoms with van der Waals surface area (Å²) in [5, 5.41) is 4.29. The second kappa shape index (κ2) is 9.33. The number of hydrogen-bond donors (Lipinski definition) is 1. The Morgan fingerprint density at radius 1 is 1.31 bits per heavy atom. The van der Waals surface area contributed by atoms with E-state index in [2.05, 4.69) is 5.32 Å². The van der Waals surface area contributed by atoms with Gasteiger partial charge in [-0.1, -0.05) is 6.07 Å². The summed E-state index contributed by atoms with van der Waals surface area (Å²) in [5.74, 6) is -1.82. The first kappa shape index (κ1) is 19.9. The number of methoxy groups -OCH3 is 1. The van der Waals surface area contributed by atoms with Gasteiger partial charge in [0.15, 0.2) is 6.61 Å². The number of hydrogen-bond acceptors (Lipinski definition) is 7. The average molecular weight is 382 g/mol. The Balaban J connectivity index is 1.72. The predicted molar refractivity (Wildman–Crippen MR) is 93.5 cm³/mol. The maximum atomic E-state index is 12.1. The molecule has 1 aliphatic heterocycles. The van der Waals surface area contributed by atoms with Crippen LogP contribution >= 0.6 is 11.3 Å². The normalized spacial score (nSPS) is 15.8. The van der Waals surface area contributed by atoms with Crippen molar-refractivity contribution in [2.75, 3.05) is 26.8 Å². The molecule has 142 valence electrons. The standard InChI is InChI=1S/C17H22N2O6S/c1-11(18-15(21)13-4-3-9-26-13)16(22)25-10-14(20)19-7-5-12(6-8-19)17(23)24-2/h3-4,9,11-12H,5-8,10H2,1-2H3,(H,18,21). The van der Waals surface area contributed by atoms with E-state index in [-0.39, 0.29) is 30.3 Å². The number of thiophene rings is 1. The molecule has 1 aliphatic rings. The fourth-order valence-corrected chi connectivity index (χ4v) is 3.24. The summed E-state index contributed by atoms with van der Waals surface area (Å²) in [6.45, 7) is 1.95. The molecule has 0 aromatic carbocycles. The van der Waals surface area contributed by atoms with Crippen LogP contribution in [0.25, 0.3) is 0 Å². The van der Waals surface area contributed by atoms with E-state index in [4.69, 9.17) is 9.47 Å². The van der Waals surface area contributed by atoms with Crippen molar-refractivity contribution in [1.82, 2.24) is 10.2 Å². The van der Waals surface area contributed by atoms with Gasteiger partial charge in [-0.15, -0.1) is 11.3 Å². The Hall–Kier alpha value is -2.42. The van der Waals surface area contributed by atoms with Gasteiger partial charge in [0.25, 0.3) is 11.8 Å². The number of amides is 2. The summed E-state index contributed by atoms with van der Waals surface area (Å²) in [6, 6.07) is 2.53. The van der Waals surface area contributed by atoms with E-state index in [0.29, 0.717) is 30.8 Å². The van der Waals surface area contributed by atoms with Gasteiger partial charge in [0.2, 0.25) is 0 Å². The minimum Gasteiger partial charge on any atom is -0.469 e. The molecular formula is C17H22N2O6S. The molecule has 1 aromatic heterocycles. The smallest absolute Gasteiger partial charge is 0.328 e. The highest BCUT2D eigenvalue weighted by atomic mass is 32.1. The predicted octanol–water partition coefficient (Wildman–Crippen LogP) is 0.821. The molecule has 0 saturated carbocycles. The molecule has 2 amide bonds. The molecule has 1 aromatic rings. The number of carbonyl (C=O) groups is 4. The Morgan fingerprint density at radius 2 is 2.00 bits per heavy atom. The molecule has 0 radical (unpaired) electrons. The van der Waals surface area contributed by atoms with Crippen LogP contribution in [0.4, 0.5) is 0 Å². The van der Waals surface area contributed by atoms with Crippen LogP contribution in [-0.4, -0.2) is 61.5 Å². The first-order chi connectivity index (χ1) is 12.4. The SMILES string of the molecule is COC(=O)C1CCN(C(=O)COC(=O)C(C)NC(=O)c2cccs2)CC1. The van der Waals surface area contributed by atoms with Gasteiger partial charge in [0.1, 0.15) is 6.04 Å². The van der Waals surface area contributed by atoms with E-state index in [9.17, 15) is 19.2 Å². The van der Waals surface area contributed by atoms with Crippen molar-refractivity contribution < 1.29 is 28.7 Å². The number of nitrogens with zero attached hydrogens (tertiary/aromatic N) is 1. The van der Waals surface area contributed by atoms with Crippen molar-refractivity contribution >= 4 is 35.1 Å². The Labute approximate surface area is 155 Å². The summed E-state index contributed by atoms with van der Waals surface area (Å²) in [5.41, 5.74) is 0. The van der Waals surface area contributed by atoms with Gasteiger partial charge in [0, 0.05) is 13.1 Å². The molecule has 0 bridgehead atoms. The second-order valence-electron chi connectivity index (χ2n) is 5.96. The lowest BCUT2D eigenvalue weighted by Crippen LogP contribution is -2.44. The number of ether oxygens (including phenoxy) is 2. The maximum absolute atomic E-state index is 12.1. The zero-order chi connectivity index (χ0) is 19.1. The van der Waals surface area contributed by atoms with E-state index in [1.165, 1.54) is 25.4 Å². The maximum Gasteiger partial charge on any atom is 0.328 e. The number of carbonyl (C=O) groups excluding carboxylic acids is 4. The van der Waals surface area contributed by atoms with Crippen LogP contribution in [0.2, 0.25) is 0 Å². The molecule has 1 saturated heterocycles. The van der Waals surface area contributed by atoms with Gasteiger partial charge in [0.05, 0.1) is 17.9 Å². The van der Waals surface area contributed by atoms with Gasteiger partial charge >= 0.3 is 11.9 Å². The van der Waals surface area contributed by atoms with Crippen molar-refractivity contribution in [3.63, 3.8) is 0 Å². The molecular weight excluding hydrogens is 360 g/mol. The quantitative estimate of drug-likeness (QED) is 0.731. The van der Waals surface area contributed by atoms with Crippen LogP contribution in [0.1, 0.15) is 29.4 Å². The van der Waals surface area contributed by atoms with E-state index in [0.717, 1.165) is 0 Å². The third kappa shape index (κ3) is 5.29. The van der Waals surface area contributed by atoms with Gasteiger partial charge in [-0.3, -0.25) is 14.4 Å². The zero-order valence-corrected chi connectivity index (χ0v) is 15.5. The van der Waals surface area contributed by atoms with Crippen molar-refractivity contribution in [3.8, 4) is 0 Å². The molecule has 2 heterocycles. The highest BCUT2D eigenvalue weighted by Crippen LogP contribution is 2.18. The van der Waals surface area contributed by atoms with Crippen molar-refractivity contribution in [2.24, 2.45) is 5.92 Å². The third-order valence-electron chi connectivity index (χ3n) is 4.17. The first-order valence-corrected chi connectivity index (χ1v) is 9.17. The molecule has 1 fully saturated rings. The van der Waals surface area contributed by atoms with E-state index >= 15 is 0 Å². The molecule has 1 unspecified atom stereocenters. The molecule has 0 spiro atoms. The van der Waals surface area contributed by atoms with Crippen molar-refractivity contribution in [1.29, 1.82) is 0 Å². The van der Waals surface area contributed by atoms with E-state index in [1.54, 1.807) is 22.4 Å². The minimum atomic E-state index is -0.859. The summed E-state index contributed by atoms with van der Waals surface area (Å²) < 4.78 is 9.70. The van der Waals surface area contributed by atoms with E-state index in [1.807, 2.05) is 0 Å². The zero-order valence-electron chi connectivity index (χ0n) is 14.7. The molecule has 1 N–H and O–H groups in total. The monoisotopic (exact) mass is 382 g/mol. The molecule has 2 rings (SSSR count). The van der Waals surface area contributed by atoms with Gasteiger partial charge < -0.3 is 19.7 Å². The van der Waals surface area contributed by atoms with Crippen molar-refractivity contribution in [2.45, 2.75) is 25.8 Å². The fourth-order valence-electron chi connectivity index (χ4n) is 2.61. The summed E-state index contributed by atoms with van der Waals surface area (Å²) >= 11 is 1.27. The van der Waals surface area contributed by atoms with Crippen LogP contribution in [0.15, 0.2) is 17.5 Å². The number of piperidine rings is 1.